The third-order valence-corrected chi connectivity index (χ3v) is 4.55. The van der Waals surface area contributed by atoms with Crippen LogP contribution in [0.3, 0.4) is 0 Å². The van der Waals surface area contributed by atoms with E-state index in [1.165, 1.54) is 13.3 Å². The molecule has 132 valence electrons. The quantitative estimate of drug-likeness (QED) is 0.672. The van der Waals surface area contributed by atoms with Crippen molar-refractivity contribution >= 4 is 12.1 Å². The Morgan fingerprint density at radius 3 is 2.76 bits per heavy atom. The molecule has 0 bridgehead atoms. The van der Waals surface area contributed by atoms with Gasteiger partial charge in [-0.1, -0.05) is 42.0 Å². The van der Waals surface area contributed by atoms with E-state index < -0.39 is 18.4 Å². The molecule has 1 aliphatic heterocycles. The highest BCUT2D eigenvalue weighted by molar-refractivity contribution is 5.89. The topological polar surface area (TPSA) is 73.9 Å². The van der Waals surface area contributed by atoms with Crippen LogP contribution >= 0.6 is 0 Å². The zero-order valence-electron chi connectivity index (χ0n) is 14.2. The Morgan fingerprint density at radius 1 is 1.28 bits per heavy atom. The maximum absolute atomic E-state index is 12.5. The number of hydrogen-bond donors (Lipinski definition) is 1. The fraction of sp³-hybridized carbons (Fsp3) is 0.368. The average molecular weight is 343 g/mol. The molecule has 0 spiro atoms. The molecule has 0 fully saturated rings. The smallest absolute Gasteiger partial charge is 0.409 e. The SMILES string of the molecule is CNC(=O)O[C@H]1OC=C(C(=O)OCc2ccccc2)[C@H]2CC=C(C)[C@H]12. The van der Waals surface area contributed by atoms with Gasteiger partial charge in [0.15, 0.2) is 0 Å². The molecule has 1 amide bonds. The maximum atomic E-state index is 12.5. The number of rotatable bonds is 4. The van der Waals surface area contributed by atoms with Gasteiger partial charge in [0.05, 0.1) is 17.8 Å². The van der Waals surface area contributed by atoms with E-state index in [9.17, 15) is 9.59 Å². The summed E-state index contributed by atoms with van der Waals surface area (Å²) in [5, 5.41) is 2.41. The summed E-state index contributed by atoms with van der Waals surface area (Å²) < 4.78 is 16.2. The third kappa shape index (κ3) is 3.68. The Kier molecular flexibility index (Phi) is 5.07. The normalized spacial score (nSPS) is 24.3. The van der Waals surface area contributed by atoms with Crippen LogP contribution in [-0.4, -0.2) is 25.4 Å². The van der Waals surface area contributed by atoms with Crippen LogP contribution in [0.2, 0.25) is 0 Å². The number of esters is 1. The lowest BCUT2D eigenvalue weighted by atomic mass is 9.84. The first kappa shape index (κ1) is 17.1. The highest BCUT2D eigenvalue weighted by atomic mass is 16.7. The van der Waals surface area contributed by atoms with Crippen LogP contribution in [0.5, 0.6) is 0 Å². The molecule has 0 saturated carbocycles. The van der Waals surface area contributed by atoms with E-state index >= 15 is 0 Å². The molecule has 1 N–H and O–H groups in total. The van der Waals surface area contributed by atoms with Crippen molar-refractivity contribution in [2.24, 2.45) is 11.8 Å². The van der Waals surface area contributed by atoms with Gasteiger partial charge in [0.25, 0.3) is 6.29 Å². The van der Waals surface area contributed by atoms with Crippen LogP contribution in [0, 0.1) is 11.8 Å². The van der Waals surface area contributed by atoms with E-state index in [1.54, 1.807) is 0 Å². The molecule has 0 unspecified atom stereocenters. The predicted octanol–water partition coefficient (Wildman–Crippen LogP) is 2.91. The van der Waals surface area contributed by atoms with Gasteiger partial charge in [-0.2, -0.15) is 0 Å². The summed E-state index contributed by atoms with van der Waals surface area (Å²) in [5.41, 5.74) is 2.44. The standard InChI is InChI=1S/C19H21NO5/c1-12-8-9-14-15(11-24-18(16(12)14)25-19(22)20-2)17(21)23-10-13-6-4-3-5-7-13/h3-8,11,14,16,18H,9-10H2,1-2H3,(H,20,22)/t14-,16+,18-/m1/s1. The zero-order valence-corrected chi connectivity index (χ0v) is 14.2. The molecule has 0 aromatic heterocycles. The minimum Gasteiger partial charge on any atom is -0.461 e. The van der Waals surface area contributed by atoms with Crippen LogP contribution in [0.25, 0.3) is 0 Å². The molecule has 1 aliphatic carbocycles. The fourth-order valence-electron chi connectivity index (χ4n) is 3.22. The Balaban J connectivity index is 1.69. The first-order chi connectivity index (χ1) is 12.1. The molecule has 1 heterocycles. The van der Waals surface area contributed by atoms with Crippen molar-refractivity contribution in [1.82, 2.24) is 5.32 Å². The molecule has 3 atom stereocenters. The van der Waals surface area contributed by atoms with Gasteiger partial charge in [-0.25, -0.2) is 9.59 Å². The van der Waals surface area contributed by atoms with Gasteiger partial charge in [-0.3, -0.25) is 0 Å². The number of carbonyl (C=O) groups excluding carboxylic acids is 2. The summed E-state index contributed by atoms with van der Waals surface area (Å²) >= 11 is 0. The highest BCUT2D eigenvalue weighted by Gasteiger charge is 2.44. The largest absolute Gasteiger partial charge is 0.461 e. The van der Waals surface area contributed by atoms with Crippen LogP contribution < -0.4 is 5.32 Å². The van der Waals surface area contributed by atoms with E-state index in [0.29, 0.717) is 12.0 Å². The van der Waals surface area contributed by atoms with Crippen molar-refractivity contribution in [3.05, 3.63) is 59.4 Å². The maximum Gasteiger partial charge on any atom is 0.409 e. The van der Waals surface area contributed by atoms with E-state index in [2.05, 4.69) is 5.32 Å². The predicted molar refractivity (Wildman–Crippen MR) is 90.1 cm³/mol. The van der Waals surface area contributed by atoms with Gasteiger partial charge in [-0.15, -0.1) is 0 Å². The van der Waals surface area contributed by atoms with Crippen LogP contribution in [0.15, 0.2) is 53.8 Å². The number of nitrogens with one attached hydrogen (secondary N) is 1. The molecule has 3 rings (SSSR count). The van der Waals surface area contributed by atoms with Crippen molar-refractivity contribution in [3.8, 4) is 0 Å². The third-order valence-electron chi connectivity index (χ3n) is 4.55. The lowest BCUT2D eigenvalue weighted by Gasteiger charge is -2.33. The van der Waals surface area contributed by atoms with Crippen LogP contribution in [0.4, 0.5) is 4.79 Å². The molecule has 25 heavy (non-hydrogen) atoms. The number of hydrogen-bond acceptors (Lipinski definition) is 5. The number of allylic oxidation sites excluding steroid dienone is 1. The van der Waals surface area contributed by atoms with Crippen LogP contribution in [0.1, 0.15) is 18.9 Å². The molecule has 6 heteroatoms. The van der Waals surface area contributed by atoms with Crippen molar-refractivity contribution in [1.29, 1.82) is 0 Å². The Bertz CT molecular complexity index is 710. The number of amides is 1. The van der Waals surface area contributed by atoms with Crippen LogP contribution in [-0.2, 0) is 25.6 Å². The van der Waals surface area contributed by atoms with Crippen molar-refractivity contribution in [3.63, 3.8) is 0 Å². The summed E-state index contributed by atoms with van der Waals surface area (Å²) in [6.07, 6.45) is 2.80. The van der Waals surface area contributed by atoms with E-state index in [-0.39, 0.29) is 18.4 Å². The van der Waals surface area contributed by atoms with E-state index in [1.807, 2.05) is 43.3 Å². The molecule has 0 saturated heterocycles. The Morgan fingerprint density at radius 2 is 2.04 bits per heavy atom. The van der Waals surface area contributed by atoms with Gasteiger partial charge in [-0.05, 0) is 18.9 Å². The fourth-order valence-corrected chi connectivity index (χ4v) is 3.22. The van der Waals surface area contributed by atoms with Crippen molar-refractivity contribution < 1.29 is 23.8 Å². The second-order valence-corrected chi connectivity index (χ2v) is 6.11. The molecular formula is C19H21NO5. The molecule has 2 aliphatic rings. The van der Waals surface area contributed by atoms with Gasteiger partial charge in [0, 0.05) is 13.0 Å². The van der Waals surface area contributed by atoms with E-state index in [0.717, 1.165) is 11.1 Å². The summed E-state index contributed by atoms with van der Waals surface area (Å²) in [5.74, 6) is -0.686. The van der Waals surface area contributed by atoms with Gasteiger partial charge in [0.2, 0.25) is 0 Å². The van der Waals surface area contributed by atoms with Crippen molar-refractivity contribution in [2.45, 2.75) is 26.2 Å². The molecule has 1 aromatic rings. The second-order valence-electron chi connectivity index (χ2n) is 6.11. The molecule has 6 nitrogen and oxygen atoms in total. The van der Waals surface area contributed by atoms with Crippen molar-refractivity contribution in [2.75, 3.05) is 7.05 Å². The zero-order chi connectivity index (χ0) is 17.8. The second kappa shape index (κ2) is 7.42. The minimum absolute atomic E-state index is 0.105. The number of carbonyl (C=O) groups is 2. The summed E-state index contributed by atoms with van der Waals surface area (Å²) in [6, 6.07) is 9.50. The monoisotopic (exact) mass is 343 g/mol. The molecular weight excluding hydrogens is 322 g/mol. The Hall–Kier alpha value is -2.76. The number of alkyl carbamates (subject to hydrolysis) is 1. The number of ether oxygens (including phenoxy) is 3. The van der Waals surface area contributed by atoms with E-state index in [4.69, 9.17) is 14.2 Å². The first-order valence-electron chi connectivity index (χ1n) is 8.21. The van der Waals surface area contributed by atoms with Gasteiger partial charge in [0.1, 0.15) is 6.61 Å². The molecule has 0 radical (unpaired) electrons. The lowest BCUT2D eigenvalue weighted by Crippen LogP contribution is -2.39. The Labute approximate surface area is 146 Å². The summed E-state index contributed by atoms with van der Waals surface area (Å²) in [4.78, 5) is 24.0. The average Bonchev–Trinajstić information content (AvgIpc) is 3.03. The number of benzene rings is 1. The first-order valence-corrected chi connectivity index (χ1v) is 8.21. The van der Waals surface area contributed by atoms with Gasteiger partial charge < -0.3 is 19.5 Å². The number of fused-ring (bicyclic) bond motifs is 1. The molecule has 1 aromatic carbocycles. The minimum atomic E-state index is -0.741. The summed E-state index contributed by atoms with van der Waals surface area (Å²) in [6.45, 7) is 2.16. The highest BCUT2D eigenvalue weighted by Crippen LogP contribution is 2.43. The lowest BCUT2D eigenvalue weighted by molar-refractivity contribution is -0.145. The summed E-state index contributed by atoms with van der Waals surface area (Å²) in [7, 11) is 1.49. The van der Waals surface area contributed by atoms with Gasteiger partial charge >= 0.3 is 12.1 Å².